The maximum absolute atomic E-state index is 12.4. The first kappa shape index (κ1) is 23.0. The van der Waals surface area contributed by atoms with Gasteiger partial charge in [0.2, 0.25) is 5.95 Å². The van der Waals surface area contributed by atoms with Crippen LogP contribution in [0.4, 0.5) is 5.95 Å². The maximum Gasteiger partial charge on any atom is 0.326 e. The van der Waals surface area contributed by atoms with E-state index in [4.69, 9.17) is 10.8 Å². The molecule has 3 rings (SSSR count). The van der Waals surface area contributed by atoms with Gasteiger partial charge in [0.25, 0.3) is 11.5 Å². The normalized spacial score (nSPS) is 13.0. The van der Waals surface area contributed by atoms with E-state index < -0.39 is 23.9 Å². The van der Waals surface area contributed by atoms with E-state index in [-0.39, 0.29) is 30.3 Å². The summed E-state index contributed by atoms with van der Waals surface area (Å²) in [4.78, 5) is 54.4. The van der Waals surface area contributed by atoms with E-state index in [2.05, 4.69) is 15.3 Å². The average Bonchev–Trinajstić information content (AvgIpc) is 3.36. The van der Waals surface area contributed by atoms with E-state index in [1.807, 2.05) is 6.92 Å². The molecule has 3 heterocycles. The van der Waals surface area contributed by atoms with Gasteiger partial charge in [-0.25, -0.2) is 9.78 Å². The Bertz CT molecular complexity index is 1210. The quantitative estimate of drug-likeness (QED) is 0.302. The monoisotopic (exact) mass is 461 g/mol. The fraction of sp³-hybridized carbons (Fsp3) is 0.350. The molecule has 1 amide bonds. The SMILES string of the molecule is CC(CCn1ccc2nc(N)[nH]c(=O)c21)c1ccc(C(=O)N[C@@H](CCC(=O)O)C(=O)O)s1. The Balaban J connectivity index is 1.63. The second-order valence-electron chi connectivity index (χ2n) is 7.38. The van der Waals surface area contributed by atoms with Crippen LogP contribution in [0.15, 0.2) is 29.2 Å². The summed E-state index contributed by atoms with van der Waals surface area (Å²) in [5.74, 6) is -2.84. The zero-order chi connectivity index (χ0) is 23.4. The van der Waals surface area contributed by atoms with E-state index in [0.29, 0.717) is 28.9 Å². The highest BCUT2D eigenvalue weighted by Gasteiger charge is 2.23. The number of carboxylic acids is 2. The molecular formula is C20H23N5O6S. The lowest BCUT2D eigenvalue weighted by molar-refractivity contribution is -0.140. The van der Waals surface area contributed by atoms with Gasteiger partial charge in [0.05, 0.1) is 10.4 Å². The van der Waals surface area contributed by atoms with Crippen LogP contribution in [0.25, 0.3) is 11.0 Å². The van der Waals surface area contributed by atoms with Crippen molar-refractivity contribution in [2.45, 2.75) is 44.7 Å². The lowest BCUT2D eigenvalue weighted by Gasteiger charge is -2.13. The fourth-order valence-corrected chi connectivity index (χ4v) is 4.28. The van der Waals surface area contributed by atoms with Gasteiger partial charge in [-0.15, -0.1) is 11.3 Å². The molecule has 0 bridgehead atoms. The molecule has 32 heavy (non-hydrogen) atoms. The lowest BCUT2D eigenvalue weighted by atomic mass is 10.1. The molecule has 3 aromatic heterocycles. The number of nitrogen functional groups attached to an aromatic ring is 1. The molecule has 0 spiro atoms. The van der Waals surface area contributed by atoms with Gasteiger partial charge in [0.15, 0.2) is 0 Å². The number of carboxylic acid groups (broad SMARTS) is 2. The number of aromatic amines is 1. The number of anilines is 1. The standard InChI is InChI=1S/C20H23N5O6S/c1-10(6-8-25-9-7-11-16(25)18(29)24-20(21)23-11)13-3-4-14(32-13)17(28)22-12(19(30)31)2-5-15(26)27/h3-4,7,9-10,12H,2,5-6,8H2,1H3,(H,22,28)(H,26,27)(H,30,31)(H3,21,23,24,29)/t10?,12-/m0/s1. The first-order chi connectivity index (χ1) is 15.2. The number of carbonyl (C=O) groups excluding carboxylic acids is 1. The second kappa shape index (κ2) is 9.64. The highest BCUT2D eigenvalue weighted by molar-refractivity contribution is 7.14. The number of nitrogens with one attached hydrogen (secondary N) is 2. The van der Waals surface area contributed by atoms with Gasteiger partial charge in [-0.1, -0.05) is 6.92 Å². The maximum atomic E-state index is 12.4. The van der Waals surface area contributed by atoms with Crippen molar-refractivity contribution in [2.24, 2.45) is 0 Å². The molecule has 0 aliphatic heterocycles. The Morgan fingerprint density at radius 3 is 2.69 bits per heavy atom. The molecule has 170 valence electrons. The Hall–Kier alpha value is -3.67. The van der Waals surface area contributed by atoms with E-state index in [0.717, 1.165) is 4.88 Å². The lowest BCUT2D eigenvalue weighted by Crippen LogP contribution is -2.40. The minimum Gasteiger partial charge on any atom is -0.481 e. The molecule has 0 saturated carbocycles. The number of amides is 1. The van der Waals surface area contributed by atoms with Crippen molar-refractivity contribution in [1.29, 1.82) is 0 Å². The fourth-order valence-electron chi connectivity index (χ4n) is 3.29. The van der Waals surface area contributed by atoms with Crippen LogP contribution in [0.1, 0.15) is 46.7 Å². The first-order valence-electron chi connectivity index (χ1n) is 9.85. The van der Waals surface area contributed by atoms with Crippen LogP contribution in [0.2, 0.25) is 0 Å². The molecule has 0 saturated heterocycles. The molecule has 11 nitrogen and oxygen atoms in total. The number of nitrogens with two attached hydrogens (primary N) is 1. The third-order valence-corrected chi connectivity index (χ3v) is 6.34. The van der Waals surface area contributed by atoms with Crippen molar-refractivity contribution >= 4 is 46.2 Å². The number of hydrogen-bond acceptors (Lipinski definition) is 7. The molecule has 0 radical (unpaired) electrons. The van der Waals surface area contributed by atoms with E-state index >= 15 is 0 Å². The van der Waals surface area contributed by atoms with Gasteiger partial charge in [-0.2, -0.15) is 0 Å². The summed E-state index contributed by atoms with van der Waals surface area (Å²) < 4.78 is 1.80. The number of carbonyl (C=O) groups is 3. The van der Waals surface area contributed by atoms with Gasteiger partial charge in [0.1, 0.15) is 11.6 Å². The molecule has 0 fully saturated rings. The number of aromatic nitrogens is 3. The smallest absolute Gasteiger partial charge is 0.326 e. The van der Waals surface area contributed by atoms with Gasteiger partial charge in [-0.05, 0) is 37.0 Å². The zero-order valence-corrected chi connectivity index (χ0v) is 18.0. The number of rotatable bonds is 10. The largest absolute Gasteiger partial charge is 0.481 e. The third kappa shape index (κ3) is 5.32. The number of thiophene rings is 1. The molecule has 1 unspecified atom stereocenters. The second-order valence-corrected chi connectivity index (χ2v) is 8.50. The van der Waals surface area contributed by atoms with Crippen molar-refractivity contribution < 1.29 is 24.6 Å². The van der Waals surface area contributed by atoms with Crippen LogP contribution >= 0.6 is 11.3 Å². The molecule has 2 atom stereocenters. The number of aliphatic carboxylic acids is 2. The molecule has 0 aliphatic rings. The number of nitrogens with zero attached hydrogens (tertiary/aromatic N) is 2. The third-order valence-electron chi connectivity index (χ3n) is 5.03. The van der Waals surface area contributed by atoms with Crippen LogP contribution in [-0.2, 0) is 16.1 Å². The predicted octanol–water partition coefficient (Wildman–Crippen LogP) is 1.61. The number of fused-ring (bicyclic) bond motifs is 1. The summed E-state index contributed by atoms with van der Waals surface area (Å²) in [7, 11) is 0. The Labute approximate surface area is 185 Å². The Morgan fingerprint density at radius 1 is 1.25 bits per heavy atom. The van der Waals surface area contributed by atoms with Crippen molar-refractivity contribution in [3.05, 3.63) is 44.5 Å². The number of aryl methyl sites for hydroxylation is 1. The number of H-pyrrole nitrogens is 1. The van der Waals surface area contributed by atoms with Crippen LogP contribution in [0.5, 0.6) is 0 Å². The average molecular weight is 462 g/mol. The predicted molar refractivity (Wildman–Crippen MR) is 118 cm³/mol. The molecule has 6 N–H and O–H groups in total. The highest BCUT2D eigenvalue weighted by atomic mass is 32.1. The Kier molecular flexibility index (Phi) is 6.93. The van der Waals surface area contributed by atoms with Crippen molar-refractivity contribution in [2.75, 3.05) is 5.73 Å². The molecule has 12 heteroatoms. The summed E-state index contributed by atoms with van der Waals surface area (Å²) in [6, 6.07) is 3.87. The molecule has 0 aromatic carbocycles. The summed E-state index contributed by atoms with van der Waals surface area (Å²) in [6.07, 6.45) is 1.90. The van der Waals surface area contributed by atoms with E-state index in [1.54, 1.807) is 29.0 Å². The van der Waals surface area contributed by atoms with Crippen molar-refractivity contribution in [1.82, 2.24) is 19.9 Å². The van der Waals surface area contributed by atoms with Gasteiger partial charge < -0.3 is 25.8 Å². The van der Waals surface area contributed by atoms with Gasteiger partial charge in [-0.3, -0.25) is 19.4 Å². The summed E-state index contributed by atoms with van der Waals surface area (Å²) in [5.41, 5.74) is 6.22. The topological polar surface area (TPSA) is 180 Å². The zero-order valence-electron chi connectivity index (χ0n) is 17.2. The summed E-state index contributed by atoms with van der Waals surface area (Å²) in [5, 5.41) is 20.3. The highest BCUT2D eigenvalue weighted by Crippen LogP contribution is 2.28. The van der Waals surface area contributed by atoms with Gasteiger partial charge >= 0.3 is 11.9 Å². The number of hydrogen-bond donors (Lipinski definition) is 5. The van der Waals surface area contributed by atoms with E-state index in [1.165, 1.54) is 11.3 Å². The molecular weight excluding hydrogens is 438 g/mol. The molecule has 3 aromatic rings. The van der Waals surface area contributed by atoms with Crippen LogP contribution in [0.3, 0.4) is 0 Å². The first-order valence-corrected chi connectivity index (χ1v) is 10.7. The summed E-state index contributed by atoms with van der Waals surface area (Å²) >= 11 is 1.25. The van der Waals surface area contributed by atoms with E-state index in [9.17, 15) is 24.3 Å². The van der Waals surface area contributed by atoms with Crippen molar-refractivity contribution in [3.8, 4) is 0 Å². The molecule has 0 aliphatic carbocycles. The summed E-state index contributed by atoms with van der Waals surface area (Å²) in [6.45, 7) is 2.54. The minimum atomic E-state index is -1.28. The van der Waals surface area contributed by atoms with Crippen LogP contribution in [-0.4, -0.2) is 48.6 Å². The van der Waals surface area contributed by atoms with Gasteiger partial charge in [0, 0.05) is 24.0 Å². The Morgan fingerprint density at radius 2 is 2.00 bits per heavy atom. The van der Waals surface area contributed by atoms with Crippen LogP contribution in [0, 0.1) is 0 Å². The van der Waals surface area contributed by atoms with Crippen LogP contribution < -0.4 is 16.6 Å². The minimum absolute atomic E-state index is 0.0612. The van der Waals surface area contributed by atoms with Crippen molar-refractivity contribution in [3.63, 3.8) is 0 Å².